The highest BCUT2D eigenvalue weighted by Crippen LogP contribution is 2.46. The fraction of sp³-hybridized carbons (Fsp3) is 0.333. The summed E-state index contributed by atoms with van der Waals surface area (Å²) >= 11 is 0. The van der Waals surface area contributed by atoms with Gasteiger partial charge in [-0.25, -0.2) is 0 Å². The molecule has 1 aromatic heterocycles. The predicted molar refractivity (Wildman–Crippen MR) is 156 cm³/mol. The number of para-hydroxylation sites is 1. The molecule has 0 radical (unpaired) electrons. The molecular formula is C33H34N4O4. The summed E-state index contributed by atoms with van der Waals surface area (Å²) in [6.45, 7) is 4.08. The van der Waals surface area contributed by atoms with Crippen LogP contribution in [-0.4, -0.2) is 71.1 Å². The Kier molecular flexibility index (Phi) is 6.43. The molecule has 0 spiro atoms. The summed E-state index contributed by atoms with van der Waals surface area (Å²) in [4.78, 5) is 33.6. The average molecular weight is 551 g/mol. The molecule has 3 aliphatic heterocycles. The third-order valence-electron chi connectivity index (χ3n) is 8.92. The van der Waals surface area contributed by atoms with Crippen LogP contribution in [0.25, 0.3) is 10.9 Å². The first-order chi connectivity index (χ1) is 20.0. The molecule has 210 valence electrons. The molecule has 3 aromatic carbocycles. The molecule has 2 unspecified atom stereocenters. The second kappa shape index (κ2) is 10.3. The molecular weight excluding hydrogens is 516 g/mol. The van der Waals surface area contributed by atoms with E-state index >= 15 is 0 Å². The highest BCUT2D eigenvalue weighted by molar-refractivity contribution is 5.98. The SMILES string of the molecule is CN1C(=O)c2ccccc2C(CC(=O)N2CCN(Cc3ccc4c(c3)OCO4)CC2)C1c1cn(C)c2ccccc12. The van der Waals surface area contributed by atoms with Crippen LogP contribution in [0.1, 0.15) is 45.4 Å². The Morgan fingerprint density at radius 1 is 0.878 bits per heavy atom. The van der Waals surface area contributed by atoms with Crippen LogP contribution in [0.5, 0.6) is 11.5 Å². The maximum atomic E-state index is 13.9. The number of likely N-dealkylation sites (N-methyl/N-ethyl adjacent to an activating group) is 1. The largest absolute Gasteiger partial charge is 0.454 e. The molecule has 41 heavy (non-hydrogen) atoms. The van der Waals surface area contributed by atoms with Gasteiger partial charge in [-0.15, -0.1) is 0 Å². The lowest BCUT2D eigenvalue weighted by Crippen LogP contribution is -2.49. The number of amides is 2. The molecule has 4 heterocycles. The van der Waals surface area contributed by atoms with Crippen LogP contribution in [0, 0.1) is 0 Å². The predicted octanol–water partition coefficient (Wildman–Crippen LogP) is 4.55. The van der Waals surface area contributed by atoms with E-state index in [-0.39, 0.29) is 30.6 Å². The van der Waals surface area contributed by atoms with E-state index in [2.05, 4.69) is 33.9 Å². The van der Waals surface area contributed by atoms with Crippen molar-refractivity contribution in [2.75, 3.05) is 40.0 Å². The van der Waals surface area contributed by atoms with Crippen LogP contribution < -0.4 is 9.47 Å². The summed E-state index contributed by atoms with van der Waals surface area (Å²) in [7, 11) is 3.91. The highest BCUT2D eigenvalue weighted by Gasteiger charge is 2.41. The first-order valence-corrected chi connectivity index (χ1v) is 14.3. The van der Waals surface area contributed by atoms with Crippen LogP contribution in [0.2, 0.25) is 0 Å². The van der Waals surface area contributed by atoms with Crippen LogP contribution >= 0.6 is 0 Å². The molecule has 0 aliphatic carbocycles. The quantitative estimate of drug-likeness (QED) is 0.365. The molecule has 0 bridgehead atoms. The molecule has 8 heteroatoms. The summed E-state index contributed by atoms with van der Waals surface area (Å²) in [5.41, 5.74) is 5.03. The molecule has 0 N–H and O–H groups in total. The first-order valence-electron chi connectivity index (χ1n) is 14.3. The van der Waals surface area contributed by atoms with Crippen molar-refractivity contribution in [3.8, 4) is 11.5 Å². The van der Waals surface area contributed by atoms with Crippen LogP contribution in [0.3, 0.4) is 0 Å². The number of carbonyl (C=O) groups excluding carboxylic acids is 2. The smallest absolute Gasteiger partial charge is 0.254 e. The maximum Gasteiger partial charge on any atom is 0.254 e. The van der Waals surface area contributed by atoms with Crippen molar-refractivity contribution in [3.05, 3.63) is 95.2 Å². The van der Waals surface area contributed by atoms with E-state index in [1.165, 1.54) is 5.56 Å². The number of carbonyl (C=O) groups is 2. The Labute approximate surface area is 239 Å². The molecule has 2 amide bonds. The summed E-state index contributed by atoms with van der Waals surface area (Å²) in [5, 5.41) is 1.12. The number of ether oxygens (including phenoxy) is 2. The summed E-state index contributed by atoms with van der Waals surface area (Å²) in [5.74, 6) is 1.59. The van der Waals surface area contributed by atoms with Gasteiger partial charge in [-0.1, -0.05) is 42.5 Å². The summed E-state index contributed by atoms with van der Waals surface area (Å²) < 4.78 is 13.1. The van der Waals surface area contributed by atoms with Gasteiger partial charge in [0.15, 0.2) is 11.5 Å². The number of rotatable bonds is 5. The van der Waals surface area contributed by atoms with Crippen molar-refractivity contribution in [2.24, 2.45) is 7.05 Å². The Morgan fingerprint density at radius 2 is 1.63 bits per heavy atom. The van der Waals surface area contributed by atoms with E-state index < -0.39 is 0 Å². The van der Waals surface area contributed by atoms with Gasteiger partial charge in [-0.05, 0) is 35.4 Å². The minimum absolute atomic E-state index is 0.000588. The van der Waals surface area contributed by atoms with E-state index in [0.29, 0.717) is 25.1 Å². The maximum absolute atomic E-state index is 13.9. The molecule has 3 aliphatic rings. The average Bonchev–Trinajstić information content (AvgIpc) is 3.60. The zero-order chi connectivity index (χ0) is 28.1. The number of aryl methyl sites for hydroxylation is 1. The number of aromatic nitrogens is 1. The van der Waals surface area contributed by atoms with Crippen LogP contribution in [-0.2, 0) is 18.4 Å². The second-order valence-corrected chi connectivity index (χ2v) is 11.3. The van der Waals surface area contributed by atoms with Gasteiger partial charge in [-0.3, -0.25) is 14.5 Å². The van der Waals surface area contributed by atoms with Gasteiger partial charge in [0, 0.05) is 87.4 Å². The van der Waals surface area contributed by atoms with Gasteiger partial charge in [-0.2, -0.15) is 0 Å². The number of benzene rings is 3. The lowest BCUT2D eigenvalue weighted by molar-refractivity contribution is -0.133. The van der Waals surface area contributed by atoms with E-state index in [1.807, 2.05) is 72.4 Å². The number of nitrogens with zero attached hydrogens (tertiary/aromatic N) is 4. The van der Waals surface area contributed by atoms with Gasteiger partial charge in [0.05, 0.1) is 6.04 Å². The second-order valence-electron chi connectivity index (χ2n) is 11.3. The van der Waals surface area contributed by atoms with E-state index in [4.69, 9.17) is 9.47 Å². The standard InChI is InChI=1S/C33H34N4O4/c1-34-20-27(24-8-5-6-10-28(24)34)32-26(23-7-3-4-9-25(23)33(39)35(32)2)18-31(38)37-15-13-36(14-16-37)19-22-11-12-29-30(17-22)41-21-40-29/h3-12,17,20,26,32H,13-16,18-19,21H2,1-2H3. The fourth-order valence-electron chi connectivity index (χ4n) is 6.80. The van der Waals surface area contributed by atoms with Crippen molar-refractivity contribution in [2.45, 2.75) is 24.9 Å². The van der Waals surface area contributed by atoms with E-state index in [9.17, 15) is 9.59 Å². The Hall–Kier alpha value is -4.30. The number of piperazine rings is 1. The normalized spacial score (nSPS) is 20.5. The fourth-order valence-corrected chi connectivity index (χ4v) is 6.80. The van der Waals surface area contributed by atoms with Gasteiger partial charge >= 0.3 is 0 Å². The zero-order valence-corrected chi connectivity index (χ0v) is 23.5. The van der Waals surface area contributed by atoms with Crippen molar-refractivity contribution >= 4 is 22.7 Å². The zero-order valence-electron chi connectivity index (χ0n) is 23.5. The lowest BCUT2D eigenvalue weighted by Gasteiger charge is -2.41. The molecule has 4 aromatic rings. The molecule has 2 atom stereocenters. The van der Waals surface area contributed by atoms with Crippen molar-refractivity contribution in [3.63, 3.8) is 0 Å². The van der Waals surface area contributed by atoms with Gasteiger partial charge in [0.1, 0.15) is 0 Å². The molecule has 1 fully saturated rings. The molecule has 8 nitrogen and oxygen atoms in total. The van der Waals surface area contributed by atoms with Crippen molar-refractivity contribution in [1.29, 1.82) is 0 Å². The molecule has 7 rings (SSSR count). The minimum atomic E-state index is -0.236. The van der Waals surface area contributed by atoms with Gasteiger partial charge < -0.3 is 23.8 Å². The van der Waals surface area contributed by atoms with Gasteiger partial charge in [0.2, 0.25) is 12.7 Å². The third kappa shape index (κ3) is 4.52. The summed E-state index contributed by atoms with van der Waals surface area (Å²) in [6.07, 6.45) is 2.48. The van der Waals surface area contributed by atoms with E-state index in [0.717, 1.165) is 53.2 Å². The Balaban J connectivity index is 1.11. The number of fused-ring (bicyclic) bond motifs is 3. The van der Waals surface area contributed by atoms with Crippen molar-refractivity contribution < 1.29 is 19.1 Å². The molecule has 0 saturated carbocycles. The lowest BCUT2D eigenvalue weighted by atomic mass is 9.78. The Bertz CT molecular complexity index is 1640. The third-order valence-corrected chi connectivity index (χ3v) is 8.92. The number of hydrogen-bond acceptors (Lipinski definition) is 5. The Morgan fingerprint density at radius 3 is 2.49 bits per heavy atom. The monoisotopic (exact) mass is 550 g/mol. The highest BCUT2D eigenvalue weighted by atomic mass is 16.7. The topological polar surface area (TPSA) is 67.2 Å². The molecule has 1 saturated heterocycles. The summed E-state index contributed by atoms with van der Waals surface area (Å²) in [6, 6.07) is 21.9. The van der Waals surface area contributed by atoms with E-state index in [1.54, 1.807) is 0 Å². The first kappa shape index (κ1) is 25.7. The van der Waals surface area contributed by atoms with Crippen LogP contribution in [0.4, 0.5) is 0 Å². The number of hydrogen-bond donors (Lipinski definition) is 0. The van der Waals surface area contributed by atoms with Crippen LogP contribution in [0.15, 0.2) is 72.9 Å². The minimum Gasteiger partial charge on any atom is -0.454 e. The van der Waals surface area contributed by atoms with Gasteiger partial charge in [0.25, 0.3) is 5.91 Å². The van der Waals surface area contributed by atoms with Crippen molar-refractivity contribution in [1.82, 2.24) is 19.3 Å².